The number of hydrogen-bond acceptors (Lipinski definition) is 3. The third kappa shape index (κ3) is 2.04. The first-order chi connectivity index (χ1) is 7.03. The van der Waals surface area contributed by atoms with Gasteiger partial charge < -0.3 is 10.0 Å². The van der Waals surface area contributed by atoms with Gasteiger partial charge in [-0.3, -0.25) is 9.59 Å². The summed E-state index contributed by atoms with van der Waals surface area (Å²) >= 11 is 0. The van der Waals surface area contributed by atoms with E-state index in [4.69, 9.17) is 0 Å². The van der Waals surface area contributed by atoms with Gasteiger partial charge in [0.2, 0.25) is 0 Å². The largest absolute Gasteiger partial charge is 0.380 e. The normalized spacial score (nSPS) is 25.1. The number of rotatable bonds is 2. The number of amides is 1. The lowest BCUT2D eigenvalue weighted by atomic mass is 9.93. The lowest BCUT2D eigenvalue weighted by Crippen LogP contribution is -2.45. The summed E-state index contributed by atoms with van der Waals surface area (Å²) in [7, 11) is 0. The summed E-state index contributed by atoms with van der Waals surface area (Å²) < 4.78 is 0. The minimum absolute atomic E-state index is 0.114. The van der Waals surface area contributed by atoms with Gasteiger partial charge in [0.15, 0.2) is 0 Å². The van der Waals surface area contributed by atoms with Gasteiger partial charge in [-0.2, -0.15) is 0 Å². The highest BCUT2D eigenvalue weighted by Crippen LogP contribution is 2.37. The standard InChI is InChI=1S/C11H17NO3/c1-8(13)9-2-6-12(7-3-9)10(14)11(15)4-5-11/h9,15H,2-7H2,1H3. The van der Waals surface area contributed by atoms with Crippen molar-refractivity contribution in [3.8, 4) is 0 Å². The van der Waals surface area contributed by atoms with E-state index in [2.05, 4.69) is 0 Å². The molecule has 1 saturated heterocycles. The summed E-state index contributed by atoms with van der Waals surface area (Å²) in [5, 5.41) is 9.67. The van der Waals surface area contributed by atoms with Crippen LogP contribution in [0, 0.1) is 5.92 Å². The topological polar surface area (TPSA) is 57.6 Å². The zero-order chi connectivity index (χ0) is 11.1. The average molecular weight is 211 g/mol. The highest BCUT2D eigenvalue weighted by molar-refractivity contribution is 5.88. The zero-order valence-corrected chi connectivity index (χ0v) is 9.03. The number of aliphatic hydroxyl groups is 1. The van der Waals surface area contributed by atoms with E-state index < -0.39 is 5.60 Å². The average Bonchev–Trinajstić information content (AvgIpc) is 2.97. The second-order valence-electron chi connectivity index (χ2n) is 4.71. The number of piperidine rings is 1. The van der Waals surface area contributed by atoms with E-state index in [0.717, 1.165) is 12.8 Å². The van der Waals surface area contributed by atoms with Gasteiger partial charge in [-0.05, 0) is 32.6 Å². The summed E-state index contributed by atoms with van der Waals surface area (Å²) in [4.78, 5) is 24.6. The van der Waals surface area contributed by atoms with Crippen LogP contribution in [0.4, 0.5) is 0 Å². The van der Waals surface area contributed by atoms with Crippen molar-refractivity contribution in [3.05, 3.63) is 0 Å². The molecule has 0 atom stereocenters. The Morgan fingerprint density at radius 1 is 1.27 bits per heavy atom. The Bertz CT molecular complexity index is 288. The number of hydrogen-bond donors (Lipinski definition) is 1. The number of Topliss-reactive ketones (excluding diaryl/α,β-unsaturated/α-hetero) is 1. The summed E-state index contributed by atoms with van der Waals surface area (Å²) in [6.07, 6.45) is 2.69. The molecule has 1 saturated carbocycles. The third-order valence-electron chi connectivity index (χ3n) is 3.48. The fourth-order valence-electron chi connectivity index (χ4n) is 2.12. The molecule has 0 aromatic heterocycles. The Hall–Kier alpha value is -0.900. The van der Waals surface area contributed by atoms with Crippen molar-refractivity contribution in [2.24, 2.45) is 5.92 Å². The molecule has 4 heteroatoms. The van der Waals surface area contributed by atoms with Crippen molar-refractivity contribution >= 4 is 11.7 Å². The Kier molecular flexibility index (Phi) is 2.54. The maximum absolute atomic E-state index is 11.7. The maximum atomic E-state index is 11.7. The molecule has 0 aromatic rings. The molecule has 1 aliphatic carbocycles. The van der Waals surface area contributed by atoms with E-state index in [-0.39, 0.29) is 17.6 Å². The molecular formula is C11H17NO3. The van der Waals surface area contributed by atoms with Crippen molar-refractivity contribution in [2.75, 3.05) is 13.1 Å². The van der Waals surface area contributed by atoms with E-state index >= 15 is 0 Å². The first kappa shape index (κ1) is 10.6. The summed E-state index contributed by atoms with van der Waals surface area (Å²) in [5.74, 6) is 0.194. The van der Waals surface area contributed by atoms with E-state index in [1.54, 1.807) is 11.8 Å². The molecule has 1 heterocycles. The van der Waals surface area contributed by atoms with Gasteiger partial charge in [0, 0.05) is 19.0 Å². The van der Waals surface area contributed by atoms with E-state index in [1.165, 1.54) is 0 Å². The monoisotopic (exact) mass is 211 g/mol. The third-order valence-corrected chi connectivity index (χ3v) is 3.48. The quantitative estimate of drug-likeness (QED) is 0.716. The van der Waals surface area contributed by atoms with Crippen LogP contribution in [-0.2, 0) is 9.59 Å². The van der Waals surface area contributed by atoms with Crippen molar-refractivity contribution < 1.29 is 14.7 Å². The highest BCUT2D eigenvalue weighted by atomic mass is 16.3. The van der Waals surface area contributed by atoms with Crippen LogP contribution in [-0.4, -0.2) is 40.4 Å². The molecule has 84 valence electrons. The first-order valence-electron chi connectivity index (χ1n) is 5.55. The zero-order valence-electron chi connectivity index (χ0n) is 9.03. The Balaban J connectivity index is 1.88. The lowest BCUT2D eigenvalue weighted by Gasteiger charge is -2.32. The van der Waals surface area contributed by atoms with Crippen LogP contribution < -0.4 is 0 Å². The van der Waals surface area contributed by atoms with Crippen LogP contribution >= 0.6 is 0 Å². The van der Waals surface area contributed by atoms with Gasteiger partial charge in [-0.15, -0.1) is 0 Å². The number of likely N-dealkylation sites (tertiary alicyclic amines) is 1. The fourth-order valence-corrected chi connectivity index (χ4v) is 2.12. The molecule has 1 N–H and O–H groups in total. The van der Waals surface area contributed by atoms with Crippen LogP contribution in [0.5, 0.6) is 0 Å². The van der Waals surface area contributed by atoms with Gasteiger partial charge in [0.25, 0.3) is 5.91 Å². The summed E-state index contributed by atoms with van der Waals surface area (Å²) in [5.41, 5.74) is -1.05. The van der Waals surface area contributed by atoms with E-state index in [1.807, 2.05) is 0 Å². The number of nitrogens with zero attached hydrogens (tertiary/aromatic N) is 1. The fraction of sp³-hybridized carbons (Fsp3) is 0.818. The van der Waals surface area contributed by atoms with E-state index in [0.29, 0.717) is 25.9 Å². The Morgan fingerprint density at radius 2 is 1.80 bits per heavy atom. The van der Waals surface area contributed by atoms with Crippen molar-refractivity contribution in [2.45, 2.75) is 38.2 Å². The smallest absolute Gasteiger partial charge is 0.254 e. The predicted molar refractivity (Wildman–Crippen MR) is 54.2 cm³/mol. The maximum Gasteiger partial charge on any atom is 0.254 e. The molecule has 2 rings (SSSR count). The predicted octanol–water partition coefficient (Wildman–Crippen LogP) is 0.339. The molecule has 15 heavy (non-hydrogen) atoms. The molecular weight excluding hydrogens is 194 g/mol. The van der Waals surface area contributed by atoms with Gasteiger partial charge in [0.05, 0.1) is 0 Å². The first-order valence-corrected chi connectivity index (χ1v) is 5.55. The highest BCUT2D eigenvalue weighted by Gasteiger charge is 2.50. The Labute approximate surface area is 89.3 Å². The van der Waals surface area contributed by atoms with Crippen LogP contribution in [0.1, 0.15) is 32.6 Å². The second kappa shape index (κ2) is 3.59. The number of carbonyl (C=O) groups is 2. The minimum atomic E-state index is -1.05. The second-order valence-corrected chi connectivity index (χ2v) is 4.71. The molecule has 4 nitrogen and oxygen atoms in total. The number of ketones is 1. The summed E-state index contributed by atoms with van der Waals surface area (Å²) in [6, 6.07) is 0. The van der Waals surface area contributed by atoms with Crippen molar-refractivity contribution in [3.63, 3.8) is 0 Å². The van der Waals surface area contributed by atoms with Gasteiger partial charge >= 0.3 is 0 Å². The molecule has 0 spiro atoms. The Morgan fingerprint density at radius 3 is 2.20 bits per heavy atom. The van der Waals surface area contributed by atoms with E-state index in [9.17, 15) is 14.7 Å². The van der Waals surface area contributed by atoms with Crippen LogP contribution in [0.2, 0.25) is 0 Å². The molecule has 2 aliphatic rings. The van der Waals surface area contributed by atoms with Crippen LogP contribution in [0.3, 0.4) is 0 Å². The minimum Gasteiger partial charge on any atom is -0.380 e. The molecule has 0 aromatic carbocycles. The van der Waals surface area contributed by atoms with Crippen molar-refractivity contribution in [1.29, 1.82) is 0 Å². The molecule has 1 aliphatic heterocycles. The van der Waals surface area contributed by atoms with Gasteiger partial charge in [0.1, 0.15) is 11.4 Å². The van der Waals surface area contributed by atoms with Gasteiger partial charge in [-0.1, -0.05) is 0 Å². The summed E-state index contributed by atoms with van der Waals surface area (Å²) in [6.45, 7) is 2.84. The molecule has 0 radical (unpaired) electrons. The molecule has 0 unspecified atom stereocenters. The molecule has 2 fully saturated rings. The van der Waals surface area contributed by atoms with Crippen LogP contribution in [0.25, 0.3) is 0 Å². The molecule has 0 bridgehead atoms. The SMILES string of the molecule is CC(=O)C1CCN(C(=O)C2(O)CC2)CC1. The number of carbonyl (C=O) groups excluding carboxylic acids is 2. The van der Waals surface area contributed by atoms with Crippen LogP contribution in [0.15, 0.2) is 0 Å². The lowest BCUT2D eigenvalue weighted by molar-refractivity contribution is -0.144. The van der Waals surface area contributed by atoms with Crippen molar-refractivity contribution in [1.82, 2.24) is 4.90 Å². The molecule has 1 amide bonds. The van der Waals surface area contributed by atoms with Gasteiger partial charge in [-0.25, -0.2) is 0 Å².